The Morgan fingerprint density at radius 1 is 1.11 bits per heavy atom. The topological polar surface area (TPSA) is 13.1 Å². The molecule has 0 aliphatic carbocycles. The predicted octanol–water partition coefficient (Wildman–Crippen LogP) is 3.62. The summed E-state index contributed by atoms with van der Waals surface area (Å²) < 4.78 is 5.67. The minimum atomic E-state index is 0.736. The number of aryl methyl sites for hydroxylation is 1. The molecule has 3 rings (SSSR count). The van der Waals surface area contributed by atoms with Gasteiger partial charge in [-0.25, -0.2) is 0 Å². The Balaban J connectivity index is 2.34. The molecule has 94 valence electrons. The van der Waals surface area contributed by atoms with Crippen LogP contribution in [0.5, 0.6) is 0 Å². The van der Waals surface area contributed by atoms with Gasteiger partial charge in [0.25, 0.3) is 0 Å². The summed E-state index contributed by atoms with van der Waals surface area (Å²) in [5.41, 5.74) is 5.39. The van der Waals surface area contributed by atoms with E-state index in [1.165, 1.54) is 16.7 Å². The molecule has 0 N–H and O–H groups in total. The molecule has 0 saturated carbocycles. The molecule has 0 amide bonds. The standard InChI is InChI=1S/C18H16O/c1-4-15-13(3)19-18-10-9-14(11-17(15)18)16-8-6-5-7-12(16)2/h4-11H,3H2,1-2H3/b15-4+. The molecule has 0 bridgehead atoms. The molecule has 0 aliphatic rings. The number of rotatable bonds is 1. The van der Waals surface area contributed by atoms with Crippen LogP contribution in [0, 0.1) is 6.92 Å². The molecule has 0 aliphatic heterocycles. The number of fused-ring (bicyclic) bond motifs is 1. The fourth-order valence-corrected chi connectivity index (χ4v) is 2.55. The number of hydrogen-bond acceptors (Lipinski definition) is 1. The number of hydrogen-bond donors (Lipinski definition) is 0. The first-order valence-electron chi connectivity index (χ1n) is 6.44. The first kappa shape index (κ1) is 11.8. The van der Waals surface area contributed by atoms with E-state index in [9.17, 15) is 0 Å². The van der Waals surface area contributed by atoms with Crippen molar-refractivity contribution in [3.8, 4) is 11.1 Å². The molecule has 2 aromatic carbocycles. The molecule has 0 radical (unpaired) electrons. The highest BCUT2D eigenvalue weighted by atomic mass is 16.3. The van der Waals surface area contributed by atoms with Crippen LogP contribution in [0.4, 0.5) is 0 Å². The van der Waals surface area contributed by atoms with E-state index in [2.05, 4.69) is 56.0 Å². The Bertz CT molecular complexity index is 853. The van der Waals surface area contributed by atoms with Gasteiger partial charge in [0.15, 0.2) is 0 Å². The fraction of sp³-hybridized carbons (Fsp3) is 0.111. The molecular formula is C18H16O. The van der Waals surface area contributed by atoms with Gasteiger partial charge >= 0.3 is 0 Å². The Morgan fingerprint density at radius 2 is 1.89 bits per heavy atom. The van der Waals surface area contributed by atoms with E-state index < -0.39 is 0 Å². The van der Waals surface area contributed by atoms with Gasteiger partial charge in [-0.2, -0.15) is 0 Å². The van der Waals surface area contributed by atoms with Crippen molar-refractivity contribution in [1.29, 1.82) is 0 Å². The Kier molecular flexibility index (Phi) is 2.75. The van der Waals surface area contributed by atoms with Crippen LogP contribution >= 0.6 is 0 Å². The molecule has 0 fully saturated rings. The van der Waals surface area contributed by atoms with Gasteiger partial charge in [-0.15, -0.1) is 0 Å². The van der Waals surface area contributed by atoms with Crippen LogP contribution in [-0.2, 0) is 0 Å². The first-order valence-corrected chi connectivity index (χ1v) is 6.44. The summed E-state index contributed by atoms with van der Waals surface area (Å²) in [6.45, 7) is 8.10. The second kappa shape index (κ2) is 4.43. The van der Waals surface area contributed by atoms with Gasteiger partial charge < -0.3 is 4.42 Å². The second-order valence-electron chi connectivity index (χ2n) is 4.75. The number of furan rings is 1. The zero-order valence-corrected chi connectivity index (χ0v) is 11.2. The van der Waals surface area contributed by atoms with Crippen molar-refractivity contribution in [3.63, 3.8) is 0 Å². The van der Waals surface area contributed by atoms with Crippen molar-refractivity contribution in [3.05, 3.63) is 58.7 Å². The van der Waals surface area contributed by atoms with E-state index in [1.807, 2.05) is 13.0 Å². The Labute approximate surface area is 112 Å². The van der Waals surface area contributed by atoms with Crippen molar-refractivity contribution in [2.75, 3.05) is 0 Å². The van der Waals surface area contributed by atoms with Crippen LogP contribution < -0.4 is 10.6 Å². The van der Waals surface area contributed by atoms with Gasteiger partial charge in [0, 0.05) is 10.6 Å². The minimum Gasteiger partial charge on any atom is -0.457 e. The molecule has 0 unspecified atom stereocenters. The van der Waals surface area contributed by atoms with Crippen molar-refractivity contribution < 1.29 is 4.42 Å². The summed E-state index contributed by atoms with van der Waals surface area (Å²) in [4.78, 5) is 0. The summed E-state index contributed by atoms with van der Waals surface area (Å²) in [6.07, 6.45) is 2.05. The third kappa shape index (κ3) is 1.88. The maximum absolute atomic E-state index is 5.67. The maximum Gasteiger partial charge on any atom is 0.135 e. The van der Waals surface area contributed by atoms with Crippen LogP contribution in [0.2, 0.25) is 0 Å². The fourth-order valence-electron chi connectivity index (χ4n) is 2.55. The molecule has 1 nitrogen and oxygen atoms in total. The molecule has 1 heterocycles. The third-order valence-electron chi connectivity index (χ3n) is 3.55. The average Bonchev–Trinajstić information content (AvgIpc) is 2.73. The van der Waals surface area contributed by atoms with E-state index in [1.54, 1.807) is 0 Å². The van der Waals surface area contributed by atoms with Crippen LogP contribution in [0.25, 0.3) is 34.8 Å². The minimum absolute atomic E-state index is 0.736. The van der Waals surface area contributed by atoms with E-state index in [0.29, 0.717) is 0 Å². The lowest BCUT2D eigenvalue weighted by atomic mass is 9.99. The van der Waals surface area contributed by atoms with E-state index in [0.717, 1.165) is 21.6 Å². The number of benzene rings is 2. The molecular weight excluding hydrogens is 232 g/mol. The van der Waals surface area contributed by atoms with Gasteiger partial charge in [-0.1, -0.05) is 43.0 Å². The van der Waals surface area contributed by atoms with Crippen molar-refractivity contribution in [2.45, 2.75) is 13.8 Å². The molecule has 1 heteroatoms. The largest absolute Gasteiger partial charge is 0.457 e. The zero-order chi connectivity index (χ0) is 13.4. The lowest BCUT2D eigenvalue weighted by Crippen LogP contribution is -2.17. The second-order valence-corrected chi connectivity index (χ2v) is 4.75. The molecule has 19 heavy (non-hydrogen) atoms. The normalized spacial score (nSPS) is 12.2. The molecule has 3 aromatic rings. The first-order chi connectivity index (χ1) is 9.20. The lowest BCUT2D eigenvalue weighted by molar-refractivity contribution is 0.577. The quantitative estimate of drug-likeness (QED) is 0.641. The van der Waals surface area contributed by atoms with Crippen LogP contribution in [-0.4, -0.2) is 0 Å². The summed E-state index contributed by atoms with van der Waals surface area (Å²) in [5, 5.41) is 2.22. The molecule has 1 aromatic heterocycles. The smallest absolute Gasteiger partial charge is 0.135 e. The van der Waals surface area contributed by atoms with Crippen LogP contribution in [0.1, 0.15) is 12.5 Å². The summed E-state index contributed by atoms with van der Waals surface area (Å²) >= 11 is 0. The summed E-state index contributed by atoms with van der Waals surface area (Å²) in [7, 11) is 0. The van der Waals surface area contributed by atoms with Crippen LogP contribution in [0.15, 0.2) is 46.9 Å². The van der Waals surface area contributed by atoms with Gasteiger partial charge in [-0.3, -0.25) is 0 Å². The van der Waals surface area contributed by atoms with Gasteiger partial charge in [-0.05, 0) is 42.7 Å². The van der Waals surface area contributed by atoms with Gasteiger partial charge in [0.05, 0.1) is 0 Å². The highest BCUT2D eigenvalue weighted by Gasteiger charge is 2.06. The summed E-state index contributed by atoms with van der Waals surface area (Å²) in [5.74, 6) is 0. The van der Waals surface area contributed by atoms with Gasteiger partial charge in [0.2, 0.25) is 0 Å². The lowest BCUT2D eigenvalue weighted by Gasteiger charge is -2.05. The SMILES string of the molecule is C=c1oc2ccc(-c3ccccc3C)cc2/c1=C/C. The van der Waals surface area contributed by atoms with Crippen molar-refractivity contribution >= 4 is 23.6 Å². The van der Waals surface area contributed by atoms with Crippen molar-refractivity contribution in [2.24, 2.45) is 0 Å². The van der Waals surface area contributed by atoms with E-state index in [-0.39, 0.29) is 0 Å². The van der Waals surface area contributed by atoms with Gasteiger partial charge in [0.1, 0.15) is 11.0 Å². The van der Waals surface area contributed by atoms with E-state index >= 15 is 0 Å². The summed E-state index contributed by atoms with van der Waals surface area (Å²) in [6, 6.07) is 14.7. The highest BCUT2D eigenvalue weighted by Crippen LogP contribution is 2.25. The van der Waals surface area contributed by atoms with E-state index in [4.69, 9.17) is 4.42 Å². The predicted molar refractivity (Wildman–Crippen MR) is 81.3 cm³/mol. The van der Waals surface area contributed by atoms with Crippen molar-refractivity contribution in [1.82, 2.24) is 0 Å². The molecule has 0 spiro atoms. The zero-order valence-electron chi connectivity index (χ0n) is 11.2. The molecule has 0 saturated heterocycles. The average molecular weight is 248 g/mol. The highest BCUT2D eigenvalue weighted by molar-refractivity contribution is 5.85. The Morgan fingerprint density at radius 3 is 2.63 bits per heavy atom. The van der Waals surface area contributed by atoms with Crippen LogP contribution in [0.3, 0.4) is 0 Å². The maximum atomic E-state index is 5.67. The molecule has 0 atom stereocenters. The third-order valence-corrected chi connectivity index (χ3v) is 3.55. The monoisotopic (exact) mass is 248 g/mol. The Hall–Kier alpha value is -2.28.